The van der Waals surface area contributed by atoms with Gasteiger partial charge in [-0.2, -0.15) is 10.2 Å². The van der Waals surface area contributed by atoms with Crippen molar-refractivity contribution in [1.82, 2.24) is 20.8 Å². The van der Waals surface area contributed by atoms with Crippen molar-refractivity contribution in [3.05, 3.63) is 83.7 Å². The van der Waals surface area contributed by atoms with E-state index in [0.717, 1.165) is 22.3 Å². The Kier molecular flexibility index (Phi) is 8.64. The number of alkyl carbamates (subject to hydrolysis) is 2. The monoisotopic (exact) mass is 504 g/mol. The molecule has 0 bridgehead atoms. The predicted molar refractivity (Wildman–Crippen MR) is 134 cm³/mol. The van der Waals surface area contributed by atoms with Crippen molar-refractivity contribution < 1.29 is 29.0 Å². The number of unbranched alkanes of at least 4 members (excludes halogenated alkanes) is 1. The lowest BCUT2D eigenvalue weighted by molar-refractivity contribution is -0.139. The molecule has 37 heavy (non-hydrogen) atoms. The number of ether oxygens (including phenoxy) is 2. The van der Waals surface area contributed by atoms with Crippen LogP contribution in [-0.4, -0.2) is 52.7 Å². The summed E-state index contributed by atoms with van der Waals surface area (Å²) < 4.78 is 10.5. The highest BCUT2D eigenvalue weighted by atomic mass is 16.6. The third-order valence-electron chi connectivity index (χ3n) is 6.14. The first-order valence-corrected chi connectivity index (χ1v) is 12.0. The van der Waals surface area contributed by atoms with Gasteiger partial charge >= 0.3 is 18.2 Å². The largest absolute Gasteiger partial charge is 0.480 e. The molecule has 192 valence electrons. The molecular formula is C27H28N4O6. The van der Waals surface area contributed by atoms with Crippen molar-refractivity contribution in [2.45, 2.75) is 37.8 Å². The molecule has 0 saturated heterocycles. The molecule has 1 atom stereocenters. The third kappa shape index (κ3) is 6.81. The molecule has 10 heteroatoms. The standard InChI is InChI=1S/C27H28N4O6/c32-25(33)24(11-5-6-13-28-26(34)36-16-18-12-14-29-30-15-18)31-27(35)37-17-23-21-9-3-1-7-19(21)20-8-2-4-10-22(20)23/h1-4,7-10,12,14-15,23-24H,5-6,11,13,16-17H2,(H,28,34)(H,31,35)(H,32,33)/t24-/m0/s1. The summed E-state index contributed by atoms with van der Waals surface area (Å²) in [5, 5.41) is 21.9. The van der Waals surface area contributed by atoms with E-state index in [0.29, 0.717) is 24.9 Å². The fourth-order valence-corrected chi connectivity index (χ4v) is 4.31. The number of nitrogens with one attached hydrogen (secondary N) is 2. The number of carboxylic acids is 1. The van der Waals surface area contributed by atoms with E-state index in [2.05, 4.69) is 20.8 Å². The number of nitrogens with zero attached hydrogens (tertiary/aromatic N) is 2. The number of rotatable bonds is 11. The van der Waals surface area contributed by atoms with Gasteiger partial charge in [0.2, 0.25) is 0 Å². The lowest BCUT2D eigenvalue weighted by Crippen LogP contribution is -2.41. The summed E-state index contributed by atoms with van der Waals surface area (Å²) in [6.07, 6.45) is 2.83. The number of carbonyl (C=O) groups is 3. The average Bonchev–Trinajstić information content (AvgIpc) is 3.24. The second kappa shape index (κ2) is 12.5. The van der Waals surface area contributed by atoms with Gasteiger partial charge in [-0.1, -0.05) is 48.5 Å². The van der Waals surface area contributed by atoms with Gasteiger partial charge in [-0.05, 0) is 47.6 Å². The lowest BCUT2D eigenvalue weighted by atomic mass is 9.98. The fraction of sp³-hybridized carbons (Fsp3) is 0.296. The van der Waals surface area contributed by atoms with E-state index in [9.17, 15) is 19.5 Å². The molecule has 0 unspecified atom stereocenters. The zero-order chi connectivity index (χ0) is 26.0. The Morgan fingerprint density at radius 3 is 2.24 bits per heavy atom. The quantitative estimate of drug-likeness (QED) is 0.335. The zero-order valence-corrected chi connectivity index (χ0v) is 20.1. The first kappa shape index (κ1) is 25.6. The van der Waals surface area contributed by atoms with Crippen LogP contribution in [0.3, 0.4) is 0 Å². The maximum Gasteiger partial charge on any atom is 0.407 e. The number of amides is 2. The molecule has 3 N–H and O–H groups in total. The maximum absolute atomic E-state index is 12.4. The van der Waals surface area contributed by atoms with Crippen LogP contribution in [0.2, 0.25) is 0 Å². The van der Waals surface area contributed by atoms with Crippen LogP contribution in [0.25, 0.3) is 11.1 Å². The predicted octanol–water partition coefficient (Wildman–Crippen LogP) is 3.87. The van der Waals surface area contributed by atoms with Crippen LogP contribution in [0.5, 0.6) is 0 Å². The number of carbonyl (C=O) groups excluding carboxylic acids is 2. The van der Waals surface area contributed by atoms with E-state index >= 15 is 0 Å². The minimum absolute atomic E-state index is 0.0759. The first-order chi connectivity index (χ1) is 18.0. The summed E-state index contributed by atoms with van der Waals surface area (Å²) in [6.45, 7) is 0.491. The van der Waals surface area contributed by atoms with Crippen molar-refractivity contribution in [1.29, 1.82) is 0 Å². The minimum atomic E-state index is -1.15. The van der Waals surface area contributed by atoms with Crippen molar-refractivity contribution >= 4 is 18.2 Å². The number of carboxylic acid groups (broad SMARTS) is 1. The number of hydrogen-bond donors (Lipinski definition) is 3. The van der Waals surface area contributed by atoms with Crippen LogP contribution in [-0.2, 0) is 20.9 Å². The highest BCUT2D eigenvalue weighted by molar-refractivity contribution is 5.81. The number of aliphatic carboxylic acids is 1. The minimum Gasteiger partial charge on any atom is -0.480 e. The SMILES string of the molecule is O=C(NCCCC[C@H](NC(=O)OCC1c2ccccc2-c2ccccc21)C(=O)O)OCc1ccnnc1. The Morgan fingerprint density at radius 2 is 1.59 bits per heavy atom. The number of aromatic nitrogens is 2. The van der Waals surface area contributed by atoms with E-state index in [1.807, 2.05) is 48.5 Å². The molecule has 0 spiro atoms. The number of hydrogen-bond acceptors (Lipinski definition) is 7. The van der Waals surface area contributed by atoms with E-state index < -0.39 is 24.2 Å². The van der Waals surface area contributed by atoms with E-state index in [1.54, 1.807) is 6.07 Å². The van der Waals surface area contributed by atoms with Gasteiger partial charge in [0, 0.05) is 24.2 Å². The zero-order valence-electron chi connectivity index (χ0n) is 20.1. The highest BCUT2D eigenvalue weighted by Gasteiger charge is 2.29. The Labute approximate surface area is 214 Å². The van der Waals surface area contributed by atoms with E-state index in [1.165, 1.54) is 12.4 Å². The summed E-state index contributed by atoms with van der Waals surface area (Å²) >= 11 is 0. The van der Waals surface area contributed by atoms with Gasteiger partial charge in [0.05, 0.1) is 6.20 Å². The molecule has 1 aliphatic rings. The van der Waals surface area contributed by atoms with Crippen LogP contribution < -0.4 is 10.6 Å². The van der Waals surface area contributed by atoms with Gasteiger partial charge in [-0.25, -0.2) is 14.4 Å². The van der Waals surface area contributed by atoms with Gasteiger partial charge in [-0.15, -0.1) is 0 Å². The second-order valence-electron chi connectivity index (χ2n) is 8.61. The molecule has 1 heterocycles. The first-order valence-electron chi connectivity index (χ1n) is 12.0. The molecule has 2 amide bonds. The lowest BCUT2D eigenvalue weighted by Gasteiger charge is -2.17. The average molecular weight is 505 g/mol. The van der Waals surface area contributed by atoms with E-state index in [-0.39, 0.29) is 25.6 Å². The topological polar surface area (TPSA) is 140 Å². The van der Waals surface area contributed by atoms with Crippen molar-refractivity contribution in [3.63, 3.8) is 0 Å². The highest BCUT2D eigenvalue weighted by Crippen LogP contribution is 2.44. The second-order valence-corrected chi connectivity index (χ2v) is 8.61. The Balaban J connectivity index is 1.18. The third-order valence-corrected chi connectivity index (χ3v) is 6.14. The summed E-state index contributed by atoms with van der Waals surface area (Å²) in [4.78, 5) is 35.8. The molecule has 0 fully saturated rings. The Bertz CT molecular complexity index is 1190. The molecule has 4 rings (SSSR count). The van der Waals surface area contributed by atoms with Gasteiger partial charge in [0.1, 0.15) is 19.3 Å². The molecule has 0 radical (unpaired) electrons. The molecule has 2 aromatic carbocycles. The molecular weight excluding hydrogens is 476 g/mol. The van der Waals surface area contributed by atoms with Gasteiger partial charge < -0.3 is 25.2 Å². The maximum atomic E-state index is 12.4. The molecule has 1 aromatic heterocycles. The van der Waals surface area contributed by atoms with Crippen molar-refractivity contribution in [2.24, 2.45) is 0 Å². The van der Waals surface area contributed by atoms with Crippen LogP contribution >= 0.6 is 0 Å². The molecule has 10 nitrogen and oxygen atoms in total. The van der Waals surface area contributed by atoms with Crippen molar-refractivity contribution in [2.75, 3.05) is 13.2 Å². The molecule has 0 aliphatic heterocycles. The number of fused-ring (bicyclic) bond motifs is 3. The van der Waals surface area contributed by atoms with Crippen LogP contribution in [0.1, 0.15) is 41.9 Å². The number of benzene rings is 2. The Hall–Kier alpha value is -4.47. The summed E-state index contributed by atoms with van der Waals surface area (Å²) in [5.41, 5.74) is 5.10. The van der Waals surface area contributed by atoms with Crippen LogP contribution in [0, 0.1) is 0 Å². The van der Waals surface area contributed by atoms with E-state index in [4.69, 9.17) is 9.47 Å². The normalized spacial score (nSPS) is 12.6. The molecule has 0 saturated carbocycles. The summed E-state index contributed by atoms with van der Waals surface area (Å²) in [5.74, 6) is -1.26. The summed E-state index contributed by atoms with van der Waals surface area (Å²) in [6, 6.07) is 16.6. The van der Waals surface area contributed by atoms with Gasteiger partial charge in [0.15, 0.2) is 0 Å². The van der Waals surface area contributed by atoms with Gasteiger partial charge in [-0.3, -0.25) is 0 Å². The van der Waals surface area contributed by atoms with Gasteiger partial charge in [0.25, 0.3) is 0 Å². The smallest absolute Gasteiger partial charge is 0.407 e. The van der Waals surface area contributed by atoms with Crippen LogP contribution in [0.4, 0.5) is 9.59 Å². The fourth-order valence-electron chi connectivity index (χ4n) is 4.31. The molecule has 3 aromatic rings. The molecule has 1 aliphatic carbocycles. The van der Waals surface area contributed by atoms with Crippen molar-refractivity contribution in [3.8, 4) is 11.1 Å². The summed E-state index contributed by atoms with van der Waals surface area (Å²) in [7, 11) is 0. The van der Waals surface area contributed by atoms with Crippen LogP contribution in [0.15, 0.2) is 67.0 Å². The Morgan fingerprint density at radius 1 is 0.892 bits per heavy atom.